The lowest BCUT2D eigenvalue weighted by Gasteiger charge is -2.14. The number of halogens is 1. The Morgan fingerprint density at radius 2 is 2.18 bits per heavy atom. The molecule has 2 aromatic rings. The lowest BCUT2D eigenvalue weighted by molar-refractivity contribution is -0.0759. The van der Waals surface area contributed by atoms with Gasteiger partial charge in [-0.05, 0) is 23.6 Å². The molecule has 1 amide bonds. The first-order valence-corrected chi connectivity index (χ1v) is 5.79. The van der Waals surface area contributed by atoms with E-state index in [0.29, 0.717) is 5.69 Å². The maximum Gasteiger partial charge on any atom is 0.296 e. The Bertz CT molecular complexity index is 571. The van der Waals surface area contributed by atoms with Gasteiger partial charge in [0, 0.05) is 23.1 Å². The molecule has 2 rings (SSSR count). The zero-order valence-corrected chi connectivity index (χ0v) is 11.1. The van der Waals surface area contributed by atoms with Crippen molar-refractivity contribution in [2.75, 3.05) is 14.2 Å². The molecule has 0 fully saturated rings. The zero-order chi connectivity index (χ0) is 12.4. The third-order valence-corrected chi connectivity index (χ3v) is 2.98. The minimum atomic E-state index is -0.263. The van der Waals surface area contributed by atoms with E-state index >= 15 is 0 Å². The van der Waals surface area contributed by atoms with E-state index in [1.165, 1.54) is 7.11 Å². The Hall–Kier alpha value is -1.46. The molecule has 5 heteroatoms. The van der Waals surface area contributed by atoms with Gasteiger partial charge in [-0.3, -0.25) is 14.6 Å². The first-order valence-electron chi connectivity index (χ1n) is 5.00. The van der Waals surface area contributed by atoms with Gasteiger partial charge in [-0.2, -0.15) is 0 Å². The van der Waals surface area contributed by atoms with E-state index in [1.54, 1.807) is 13.2 Å². The highest BCUT2D eigenvalue weighted by Crippen LogP contribution is 2.22. The number of carbonyl (C=O) groups is 1. The minimum absolute atomic E-state index is 0.263. The normalized spacial score (nSPS) is 10.5. The highest BCUT2D eigenvalue weighted by atomic mass is 79.9. The molecule has 1 heterocycles. The van der Waals surface area contributed by atoms with Crippen LogP contribution < -0.4 is 0 Å². The van der Waals surface area contributed by atoms with Crippen molar-refractivity contribution in [1.29, 1.82) is 0 Å². The number of hydroxylamine groups is 2. The second kappa shape index (κ2) is 4.81. The topological polar surface area (TPSA) is 42.4 Å². The van der Waals surface area contributed by atoms with Crippen LogP contribution in [0.2, 0.25) is 0 Å². The maximum atomic E-state index is 12.0. The molecule has 0 saturated heterocycles. The molecule has 0 bridgehead atoms. The van der Waals surface area contributed by atoms with Crippen LogP contribution >= 0.6 is 15.9 Å². The largest absolute Gasteiger partial charge is 0.296 e. The summed E-state index contributed by atoms with van der Waals surface area (Å²) in [5, 5.41) is 2.93. The number of amides is 1. The van der Waals surface area contributed by atoms with E-state index in [2.05, 4.69) is 20.9 Å². The molecule has 4 nitrogen and oxygen atoms in total. The van der Waals surface area contributed by atoms with Gasteiger partial charge in [-0.15, -0.1) is 0 Å². The Morgan fingerprint density at radius 1 is 1.41 bits per heavy atom. The van der Waals surface area contributed by atoms with Crippen molar-refractivity contribution >= 4 is 32.6 Å². The van der Waals surface area contributed by atoms with Crippen LogP contribution in [-0.2, 0) is 4.84 Å². The molecule has 0 aliphatic heterocycles. The first kappa shape index (κ1) is 12.0. The fourth-order valence-electron chi connectivity index (χ4n) is 1.55. The smallest absolute Gasteiger partial charge is 0.274 e. The number of rotatable bonds is 2. The molecule has 0 N–H and O–H groups in total. The number of hydrogen-bond acceptors (Lipinski definition) is 3. The van der Waals surface area contributed by atoms with Gasteiger partial charge in [-0.1, -0.05) is 22.0 Å². The van der Waals surface area contributed by atoms with Gasteiger partial charge in [0.05, 0.1) is 7.11 Å². The van der Waals surface area contributed by atoms with Crippen LogP contribution in [0.25, 0.3) is 10.8 Å². The minimum Gasteiger partial charge on any atom is -0.274 e. The number of hydrogen-bond donors (Lipinski definition) is 0. The SMILES string of the molecule is CON(C)C(=O)c1nccc2cc(Br)ccc12. The fraction of sp³-hybridized carbons (Fsp3) is 0.167. The van der Waals surface area contributed by atoms with Crippen LogP contribution in [0.3, 0.4) is 0 Å². The van der Waals surface area contributed by atoms with Crippen molar-refractivity contribution < 1.29 is 9.63 Å². The molecular weight excluding hydrogens is 284 g/mol. The molecule has 0 saturated carbocycles. The average Bonchev–Trinajstić information content (AvgIpc) is 2.35. The van der Waals surface area contributed by atoms with E-state index in [9.17, 15) is 4.79 Å². The zero-order valence-electron chi connectivity index (χ0n) is 9.48. The van der Waals surface area contributed by atoms with Gasteiger partial charge < -0.3 is 0 Å². The van der Waals surface area contributed by atoms with Crippen molar-refractivity contribution in [2.24, 2.45) is 0 Å². The van der Waals surface area contributed by atoms with E-state index in [4.69, 9.17) is 4.84 Å². The van der Waals surface area contributed by atoms with E-state index in [0.717, 1.165) is 20.3 Å². The summed E-state index contributed by atoms with van der Waals surface area (Å²) in [6.07, 6.45) is 1.62. The van der Waals surface area contributed by atoms with Gasteiger partial charge >= 0.3 is 0 Å². The molecule has 0 aliphatic rings. The summed E-state index contributed by atoms with van der Waals surface area (Å²) in [4.78, 5) is 21.0. The first-order chi connectivity index (χ1) is 8.13. The molecule has 88 valence electrons. The Labute approximate surface area is 107 Å². The lowest BCUT2D eigenvalue weighted by Crippen LogP contribution is -2.26. The lowest BCUT2D eigenvalue weighted by atomic mass is 10.1. The molecule has 1 aromatic heterocycles. The Morgan fingerprint density at radius 3 is 2.88 bits per heavy atom. The molecule has 0 aliphatic carbocycles. The maximum absolute atomic E-state index is 12.0. The summed E-state index contributed by atoms with van der Waals surface area (Å²) in [5.74, 6) is -0.263. The number of fused-ring (bicyclic) bond motifs is 1. The third-order valence-electron chi connectivity index (χ3n) is 2.49. The van der Waals surface area contributed by atoms with E-state index in [1.807, 2.05) is 24.3 Å². The van der Waals surface area contributed by atoms with Gasteiger partial charge in [0.15, 0.2) is 0 Å². The molecule has 17 heavy (non-hydrogen) atoms. The second-order valence-corrected chi connectivity index (χ2v) is 4.43. The number of aromatic nitrogens is 1. The Balaban J connectivity index is 2.58. The van der Waals surface area contributed by atoms with Gasteiger partial charge in [0.2, 0.25) is 0 Å². The molecule has 1 aromatic carbocycles. The van der Waals surface area contributed by atoms with Crippen molar-refractivity contribution in [3.05, 3.63) is 40.6 Å². The van der Waals surface area contributed by atoms with E-state index < -0.39 is 0 Å². The third kappa shape index (κ3) is 2.30. The van der Waals surface area contributed by atoms with Crippen molar-refractivity contribution in [3.63, 3.8) is 0 Å². The van der Waals surface area contributed by atoms with Crippen LogP contribution in [-0.4, -0.2) is 30.1 Å². The quantitative estimate of drug-likeness (QED) is 0.800. The highest BCUT2D eigenvalue weighted by Gasteiger charge is 2.15. The number of benzene rings is 1. The summed E-state index contributed by atoms with van der Waals surface area (Å²) in [6.45, 7) is 0. The van der Waals surface area contributed by atoms with Crippen LogP contribution in [0.5, 0.6) is 0 Å². The van der Waals surface area contributed by atoms with Crippen molar-refractivity contribution in [1.82, 2.24) is 10.0 Å². The predicted molar refractivity (Wildman–Crippen MR) is 68.5 cm³/mol. The molecule has 0 radical (unpaired) electrons. The number of carbonyl (C=O) groups excluding carboxylic acids is 1. The summed E-state index contributed by atoms with van der Waals surface area (Å²) in [7, 11) is 3.00. The van der Waals surface area contributed by atoms with E-state index in [-0.39, 0.29) is 5.91 Å². The van der Waals surface area contributed by atoms with Gasteiger partial charge in [-0.25, -0.2) is 5.06 Å². The van der Waals surface area contributed by atoms with Crippen LogP contribution in [0.4, 0.5) is 0 Å². The standard InChI is InChI=1S/C12H11BrN2O2/c1-15(17-2)12(16)11-10-4-3-9(13)7-8(10)5-6-14-11/h3-7H,1-2H3. The average molecular weight is 295 g/mol. The molecule has 0 unspecified atom stereocenters. The number of nitrogens with zero attached hydrogens (tertiary/aromatic N) is 2. The molecular formula is C12H11BrN2O2. The van der Waals surface area contributed by atoms with Crippen molar-refractivity contribution in [2.45, 2.75) is 0 Å². The molecule has 0 spiro atoms. The highest BCUT2D eigenvalue weighted by molar-refractivity contribution is 9.10. The Kier molecular flexibility index (Phi) is 3.40. The van der Waals surface area contributed by atoms with Gasteiger partial charge in [0.1, 0.15) is 5.69 Å². The summed E-state index contributed by atoms with van der Waals surface area (Å²) in [6, 6.07) is 7.56. The van der Waals surface area contributed by atoms with Crippen molar-refractivity contribution in [3.8, 4) is 0 Å². The summed E-state index contributed by atoms with van der Waals surface area (Å²) < 4.78 is 0.967. The van der Waals surface area contributed by atoms with Gasteiger partial charge in [0.25, 0.3) is 5.91 Å². The summed E-state index contributed by atoms with van der Waals surface area (Å²) >= 11 is 3.40. The van der Waals surface area contributed by atoms with Crippen LogP contribution in [0, 0.1) is 0 Å². The second-order valence-electron chi connectivity index (χ2n) is 3.51. The predicted octanol–water partition coefficient (Wildman–Crippen LogP) is 2.63. The van der Waals surface area contributed by atoms with Crippen LogP contribution in [0.15, 0.2) is 34.9 Å². The monoisotopic (exact) mass is 294 g/mol. The molecule has 0 atom stereocenters. The number of pyridine rings is 1. The van der Waals surface area contributed by atoms with Crippen LogP contribution in [0.1, 0.15) is 10.5 Å². The fourth-order valence-corrected chi connectivity index (χ4v) is 1.93. The summed E-state index contributed by atoms with van der Waals surface area (Å²) in [5.41, 5.74) is 0.388.